The topological polar surface area (TPSA) is 41.5 Å². The second-order valence-electron chi connectivity index (χ2n) is 3.63. The number of aliphatic hydroxyl groups is 1. The average molecular weight is 193 g/mol. The predicted octanol–water partition coefficient (Wildman–Crippen LogP) is 1.27. The minimum absolute atomic E-state index is 0.240. The van der Waals surface area contributed by atoms with Crippen molar-refractivity contribution in [1.29, 1.82) is 0 Å². The molecule has 1 aliphatic rings. The monoisotopic (exact) mass is 193 g/mol. The molecule has 76 valence electrons. The van der Waals surface area contributed by atoms with E-state index in [1.807, 2.05) is 12.1 Å². The lowest BCUT2D eigenvalue weighted by molar-refractivity contribution is 0.230. The van der Waals surface area contributed by atoms with Crippen LogP contribution in [-0.4, -0.2) is 25.4 Å². The average Bonchev–Trinajstić information content (AvgIpc) is 2.27. The predicted molar refractivity (Wildman–Crippen MR) is 55.8 cm³/mol. The van der Waals surface area contributed by atoms with Crippen LogP contribution in [0, 0.1) is 5.92 Å². The second-order valence-corrected chi connectivity index (χ2v) is 3.63. The van der Waals surface area contributed by atoms with Gasteiger partial charge in [0, 0.05) is 19.1 Å². The molecule has 0 amide bonds. The fraction of sp³-hybridized carbons (Fsp3) is 0.455. The Labute approximate surface area is 83.7 Å². The summed E-state index contributed by atoms with van der Waals surface area (Å²) < 4.78 is 5.26. The van der Waals surface area contributed by atoms with Gasteiger partial charge < -0.3 is 15.2 Å². The van der Waals surface area contributed by atoms with Crippen LogP contribution in [0.4, 0.5) is 5.69 Å². The van der Waals surface area contributed by atoms with E-state index in [2.05, 4.69) is 11.4 Å². The van der Waals surface area contributed by atoms with Gasteiger partial charge in [-0.1, -0.05) is 12.1 Å². The summed E-state index contributed by atoms with van der Waals surface area (Å²) >= 11 is 0. The number of nitrogens with one attached hydrogen (secondary N) is 1. The van der Waals surface area contributed by atoms with Crippen molar-refractivity contribution in [1.82, 2.24) is 0 Å². The van der Waals surface area contributed by atoms with Gasteiger partial charge in [0.2, 0.25) is 0 Å². The Bertz CT molecular complexity index is 325. The molecule has 14 heavy (non-hydrogen) atoms. The van der Waals surface area contributed by atoms with Crippen molar-refractivity contribution in [2.45, 2.75) is 6.42 Å². The molecule has 2 N–H and O–H groups in total. The maximum absolute atomic E-state index is 9.07. The molecule has 0 saturated carbocycles. The van der Waals surface area contributed by atoms with E-state index in [9.17, 15) is 0 Å². The molecule has 0 aromatic heterocycles. The third kappa shape index (κ3) is 1.55. The molecule has 0 spiro atoms. The molecule has 0 aliphatic carbocycles. The summed E-state index contributed by atoms with van der Waals surface area (Å²) in [6.07, 6.45) is 0.927. The van der Waals surface area contributed by atoms with Crippen LogP contribution >= 0.6 is 0 Å². The SMILES string of the molecule is COc1cccc2c1NCC(CO)C2. The molecule has 0 fully saturated rings. The maximum atomic E-state index is 9.07. The van der Waals surface area contributed by atoms with Crippen LogP contribution in [-0.2, 0) is 6.42 Å². The molecule has 1 unspecified atom stereocenters. The summed E-state index contributed by atoms with van der Waals surface area (Å²) in [4.78, 5) is 0. The highest BCUT2D eigenvalue weighted by Crippen LogP contribution is 2.32. The first-order valence-electron chi connectivity index (χ1n) is 4.85. The van der Waals surface area contributed by atoms with Gasteiger partial charge in [-0.05, 0) is 18.1 Å². The van der Waals surface area contributed by atoms with Crippen LogP contribution in [0.15, 0.2) is 18.2 Å². The summed E-state index contributed by atoms with van der Waals surface area (Å²) in [5, 5.41) is 12.4. The van der Waals surface area contributed by atoms with Crippen molar-refractivity contribution in [3.05, 3.63) is 23.8 Å². The molecule has 0 bridgehead atoms. The van der Waals surface area contributed by atoms with Gasteiger partial charge in [0.05, 0.1) is 12.8 Å². The van der Waals surface area contributed by atoms with Gasteiger partial charge in [-0.15, -0.1) is 0 Å². The number of fused-ring (bicyclic) bond motifs is 1. The number of benzene rings is 1. The van der Waals surface area contributed by atoms with Gasteiger partial charge in [0.15, 0.2) is 0 Å². The smallest absolute Gasteiger partial charge is 0.142 e. The van der Waals surface area contributed by atoms with Crippen molar-refractivity contribution < 1.29 is 9.84 Å². The number of hydrogen-bond acceptors (Lipinski definition) is 3. The molecule has 0 saturated heterocycles. The number of hydrogen-bond donors (Lipinski definition) is 2. The number of rotatable bonds is 2. The molecule has 1 aromatic rings. The second kappa shape index (κ2) is 3.88. The zero-order valence-corrected chi connectivity index (χ0v) is 8.29. The Kier molecular flexibility index (Phi) is 2.59. The maximum Gasteiger partial charge on any atom is 0.142 e. The van der Waals surface area contributed by atoms with Crippen LogP contribution < -0.4 is 10.1 Å². The highest BCUT2D eigenvalue weighted by molar-refractivity contribution is 5.63. The van der Waals surface area contributed by atoms with E-state index in [-0.39, 0.29) is 6.61 Å². The Morgan fingerprint density at radius 1 is 1.57 bits per heavy atom. The van der Waals surface area contributed by atoms with E-state index >= 15 is 0 Å². The number of para-hydroxylation sites is 1. The van der Waals surface area contributed by atoms with E-state index in [0.29, 0.717) is 5.92 Å². The van der Waals surface area contributed by atoms with Crippen molar-refractivity contribution in [2.24, 2.45) is 5.92 Å². The van der Waals surface area contributed by atoms with Crippen LogP contribution in [0.3, 0.4) is 0 Å². The minimum atomic E-state index is 0.240. The molecule has 3 nitrogen and oxygen atoms in total. The standard InChI is InChI=1S/C11H15NO2/c1-14-10-4-2-3-9-5-8(7-13)6-12-11(9)10/h2-4,8,12-13H,5-7H2,1H3. The molecule has 1 aromatic carbocycles. The summed E-state index contributed by atoms with van der Waals surface area (Å²) in [5.74, 6) is 1.22. The third-order valence-corrected chi connectivity index (χ3v) is 2.67. The van der Waals surface area contributed by atoms with Gasteiger partial charge in [-0.2, -0.15) is 0 Å². The lowest BCUT2D eigenvalue weighted by atomic mass is 9.94. The number of aliphatic hydroxyl groups excluding tert-OH is 1. The Morgan fingerprint density at radius 3 is 3.14 bits per heavy atom. The summed E-state index contributed by atoms with van der Waals surface area (Å²) in [7, 11) is 1.68. The largest absolute Gasteiger partial charge is 0.495 e. The van der Waals surface area contributed by atoms with Crippen LogP contribution in [0.1, 0.15) is 5.56 Å². The molecule has 2 rings (SSSR count). The highest BCUT2D eigenvalue weighted by atomic mass is 16.5. The van der Waals surface area contributed by atoms with Crippen LogP contribution in [0.5, 0.6) is 5.75 Å². The number of ether oxygens (including phenoxy) is 1. The number of methoxy groups -OCH3 is 1. The Balaban J connectivity index is 2.30. The zero-order chi connectivity index (χ0) is 9.97. The van der Waals surface area contributed by atoms with E-state index in [1.165, 1.54) is 5.56 Å². The zero-order valence-electron chi connectivity index (χ0n) is 8.29. The van der Waals surface area contributed by atoms with Crippen LogP contribution in [0.25, 0.3) is 0 Å². The summed E-state index contributed by atoms with van der Waals surface area (Å²) in [6, 6.07) is 6.01. The van der Waals surface area contributed by atoms with E-state index < -0.39 is 0 Å². The van der Waals surface area contributed by atoms with Gasteiger partial charge >= 0.3 is 0 Å². The Hall–Kier alpha value is -1.22. The molecule has 0 radical (unpaired) electrons. The summed E-state index contributed by atoms with van der Waals surface area (Å²) in [5.41, 5.74) is 2.31. The van der Waals surface area contributed by atoms with E-state index in [1.54, 1.807) is 7.11 Å². The lowest BCUT2D eigenvalue weighted by Gasteiger charge is -2.26. The fourth-order valence-corrected chi connectivity index (χ4v) is 1.88. The van der Waals surface area contributed by atoms with Gasteiger partial charge in [-0.25, -0.2) is 0 Å². The molecular weight excluding hydrogens is 178 g/mol. The minimum Gasteiger partial charge on any atom is -0.495 e. The normalized spacial score (nSPS) is 19.7. The Morgan fingerprint density at radius 2 is 2.43 bits per heavy atom. The van der Waals surface area contributed by atoms with Crippen molar-refractivity contribution >= 4 is 5.69 Å². The molecule has 1 heterocycles. The highest BCUT2D eigenvalue weighted by Gasteiger charge is 2.19. The molecule has 1 aliphatic heterocycles. The third-order valence-electron chi connectivity index (χ3n) is 2.67. The number of anilines is 1. The van der Waals surface area contributed by atoms with E-state index in [0.717, 1.165) is 24.4 Å². The molecule has 1 atom stereocenters. The van der Waals surface area contributed by atoms with Gasteiger partial charge in [-0.3, -0.25) is 0 Å². The lowest BCUT2D eigenvalue weighted by Crippen LogP contribution is -2.26. The van der Waals surface area contributed by atoms with Gasteiger partial charge in [0.25, 0.3) is 0 Å². The summed E-state index contributed by atoms with van der Waals surface area (Å²) in [6.45, 7) is 1.06. The van der Waals surface area contributed by atoms with Gasteiger partial charge in [0.1, 0.15) is 5.75 Å². The van der Waals surface area contributed by atoms with Crippen molar-refractivity contribution in [3.8, 4) is 5.75 Å². The quantitative estimate of drug-likeness (QED) is 0.743. The first kappa shape index (κ1) is 9.34. The fourth-order valence-electron chi connectivity index (χ4n) is 1.88. The van der Waals surface area contributed by atoms with E-state index in [4.69, 9.17) is 9.84 Å². The molecular formula is C11H15NO2. The first-order valence-corrected chi connectivity index (χ1v) is 4.85. The van der Waals surface area contributed by atoms with Crippen molar-refractivity contribution in [2.75, 3.05) is 25.6 Å². The molecule has 3 heteroatoms. The van der Waals surface area contributed by atoms with Crippen LogP contribution in [0.2, 0.25) is 0 Å². The first-order chi connectivity index (χ1) is 6.85. The van der Waals surface area contributed by atoms with Crippen molar-refractivity contribution in [3.63, 3.8) is 0 Å².